The monoisotopic (exact) mass is 449 g/mol. The highest BCUT2D eigenvalue weighted by molar-refractivity contribution is 6.32. The number of aromatic nitrogens is 2. The van der Waals surface area contributed by atoms with Crippen LogP contribution in [0.25, 0.3) is 0 Å². The minimum atomic E-state index is -4.45. The van der Waals surface area contributed by atoms with Crippen LogP contribution in [0.1, 0.15) is 22.4 Å². The molecule has 3 rings (SSSR count). The van der Waals surface area contributed by atoms with Crippen molar-refractivity contribution in [1.82, 2.24) is 15.2 Å². The Hall–Kier alpha value is -3.33. The number of alkyl halides is 3. The smallest absolute Gasteiger partial charge is 0.376 e. The predicted octanol–water partition coefficient (Wildman–Crippen LogP) is 4.47. The van der Waals surface area contributed by atoms with Crippen molar-refractivity contribution in [2.75, 3.05) is 11.9 Å². The van der Waals surface area contributed by atoms with Gasteiger partial charge in [0, 0.05) is 5.69 Å². The first-order valence-electron chi connectivity index (χ1n) is 9.24. The molecule has 0 saturated heterocycles. The lowest BCUT2D eigenvalue weighted by atomic mass is 10.2. The fraction of sp³-hybridized carbons (Fsp3) is 0.190. The van der Waals surface area contributed by atoms with Crippen LogP contribution in [0, 0.1) is 6.92 Å². The van der Waals surface area contributed by atoms with Gasteiger partial charge < -0.3 is 5.32 Å². The summed E-state index contributed by atoms with van der Waals surface area (Å²) in [6.45, 7) is 2.01. The Morgan fingerprint density at radius 1 is 1.19 bits per heavy atom. The van der Waals surface area contributed by atoms with E-state index in [2.05, 4.69) is 20.9 Å². The summed E-state index contributed by atoms with van der Waals surface area (Å²) in [6.07, 6.45) is -3.07. The van der Waals surface area contributed by atoms with E-state index in [0.717, 1.165) is 17.7 Å². The Morgan fingerprint density at radius 2 is 1.94 bits per heavy atom. The largest absolute Gasteiger partial charge is 0.416 e. The Kier molecular flexibility index (Phi) is 6.96. The summed E-state index contributed by atoms with van der Waals surface area (Å²) in [4.78, 5) is 11.9. The van der Waals surface area contributed by atoms with Crippen LogP contribution in [0.4, 0.5) is 18.9 Å². The number of nitrogens with one attached hydrogen (secondary N) is 2. The van der Waals surface area contributed by atoms with E-state index >= 15 is 0 Å². The molecule has 0 aliphatic carbocycles. The minimum absolute atomic E-state index is 0.176. The molecule has 0 radical (unpaired) electrons. The zero-order valence-corrected chi connectivity index (χ0v) is 17.2. The number of hydrogen-bond acceptors (Lipinski definition) is 4. The topological polar surface area (TPSA) is 71.3 Å². The van der Waals surface area contributed by atoms with Crippen LogP contribution in [0.15, 0.2) is 59.7 Å². The number of halogens is 4. The van der Waals surface area contributed by atoms with Crippen LogP contribution < -0.4 is 10.7 Å². The van der Waals surface area contributed by atoms with Crippen LogP contribution in [0.3, 0.4) is 0 Å². The number of carbonyl (C=O) groups excluding carboxylic acids is 1. The number of hydrazone groups is 1. The number of aryl methyl sites for hydroxylation is 1. The Labute approximate surface area is 181 Å². The van der Waals surface area contributed by atoms with Gasteiger partial charge in [-0.3, -0.25) is 4.79 Å². The molecule has 31 heavy (non-hydrogen) atoms. The summed E-state index contributed by atoms with van der Waals surface area (Å²) in [6, 6.07) is 14.3. The highest BCUT2D eigenvalue weighted by Crippen LogP contribution is 2.30. The van der Waals surface area contributed by atoms with Crippen LogP contribution in [-0.2, 0) is 17.5 Å². The molecule has 0 saturated carbocycles. The number of rotatable bonds is 7. The number of carbonyl (C=O) groups is 1. The number of benzene rings is 2. The van der Waals surface area contributed by atoms with Crippen molar-refractivity contribution in [3.8, 4) is 0 Å². The molecule has 2 N–H and O–H groups in total. The van der Waals surface area contributed by atoms with Crippen molar-refractivity contribution >= 4 is 29.4 Å². The Morgan fingerprint density at radius 3 is 2.65 bits per heavy atom. The van der Waals surface area contributed by atoms with Crippen molar-refractivity contribution in [3.05, 3.63) is 82.1 Å². The van der Waals surface area contributed by atoms with Gasteiger partial charge >= 0.3 is 6.18 Å². The highest BCUT2D eigenvalue weighted by Gasteiger charge is 2.30. The van der Waals surface area contributed by atoms with Crippen molar-refractivity contribution in [1.29, 1.82) is 0 Å². The summed E-state index contributed by atoms with van der Waals surface area (Å²) in [7, 11) is 0. The molecule has 0 aliphatic heterocycles. The van der Waals surface area contributed by atoms with Crippen molar-refractivity contribution in [2.45, 2.75) is 19.6 Å². The average Bonchev–Trinajstić information content (AvgIpc) is 3.00. The van der Waals surface area contributed by atoms with E-state index in [0.29, 0.717) is 23.0 Å². The molecule has 0 fully saturated rings. The fourth-order valence-electron chi connectivity index (χ4n) is 2.77. The quantitative estimate of drug-likeness (QED) is 0.413. The van der Waals surface area contributed by atoms with E-state index in [9.17, 15) is 18.0 Å². The van der Waals surface area contributed by atoms with E-state index in [1.54, 1.807) is 11.6 Å². The number of amides is 1. The van der Waals surface area contributed by atoms with Gasteiger partial charge in [-0.25, -0.2) is 10.1 Å². The lowest BCUT2D eigenvalue weighted by Crippen LogP contribution is -2.26. The first-order valence-corrected chi connectivity index (χ1v) is 9.61. The summed E-state index contributed by atoms with van der Waals surface area (Å²) in [5.74, 6) is -0.529. The molecule has 162 valence electrons. The normalized spacial score (nSPS) is 11.6. The molecule has 0 atom stereocenters. The van der Waals surface area contributed by atoms with Crippen molar-refractivity contribution < 1.29 is 18.0 Å². The second-order valence-electron chi connectivity index (χ2n) is 6.66. The molecule has 1 amide bonds. The van der Waals surface area contributed by atoms with Gasteiger partial charge in [0.15, 0.2) is 0 Å². The van der Waals surface area contributed by atoms with E-state index in [-0.39, 0.29) is 12.2 Å². The summed E-state index contributed by atoms with van der Waals surface area (Å²) >= 11 is 6.38. The second kappa shape index (κ2) is 9.65. The molecule has 0 aliphatic rings. The van der Waals surface area contributed by atoms with Crippen molar-refractivity contribution in [2.24, 2.45) is 5.10 Å². The van der Waals surface area contributed by atoms with Gasteiger partial charge in [-0.2, -0.15) is 23.4 Å². The third-order valence-corrected chi connectivity index (χ3v) is 4.71. The van der Waals surface area contributed by atoms with Gasteiger partial charge in [-0.1, -0.05) is 48.0 Å². The minimum Gasteiger partial charge on any atom is -0.376 e. The van der Waals surface area contributed by atoms with Gasteiger partial charge in [-0.15, -0.1) is 0 Å². The molecule has 0 spiro atoms. The average molecular weight is 450 g/mol. The second-order valence-corrected chi connectivity index (χ2v) is 7.02. The van der Waals surface area contributed by atoms with E-state index in [1.807, 2.05) is 30.3 Å². The van der Waals surface area contributed by atoms with Crippen LogP contribution in [0.5, 0.6) is 0 Å². The zero-order valence-electron chi connectivity index (χ0n) is 16.4. The van der Waals surface area contributed by atoms with Crippen LogP contribution in [0.2, 0.25) is 5.15 Å². The summed E-state index contributed by atoms with van der Waals surface area (Å²) < 4.78 is 39.8. The van der Waals surface area contributed by atoms with Crippen LogP contribution in [-0.4, -0.2) is 28.4 Å². The molecule has 0 unspecified atom stereocenters. The first kappa shape index (κ1) is 22.4. The zero-order chi connectivity index (χ0) is 22.4. The summed E-state index contributed by atoms with van der Waals surface area (Å²) in [5, 5.41) is 11.3. The highest BCUT2D eigenvalue weighted by atomic mass is 35.5. The van der Waals surface area contributed by atoms with Gasteiger partial charge in [0.05, 0.1) is 36.1 Å². The number of nitrogens with zero attached hydrogens (tertiary/aromatic N) is 3. The SMILES string of the molecule is Cc1nn(Cc2ccccc2)c(Cl)c1/C=N/NC(=O)CNc1cccc(C(F)(F)F)c1. The lowest BCUT2D eigenvalue weighted by molar-refractivity contribution is -0.137. The van der Waals surface area contributed by atoms with Gasteiger partial charge in [0.1, 0.15) is 5.15 Å². The molecule has 1 aromatic heterocycles. The molecule has 2 aromatic carbocycles. The third kappa shape index (κ3) is 6.08. The van der Waals surface area contributed by atoms with E-state index in [1.165, 1.54) is 18.3 Å². The van der Waals surface area contributed by atoms with Gasteiger partial charge in [0.2, 0.25) is 0 Å². The Bertz CT molecular complexity index is 1080. The van der Waals surface area contributed by atoms with E-state index in [4.69, 9.17) is 11.6 Å². The van der Waals surface area contributed by atoms with Gasteiger partial charge in [-0.05, 0) is 30.7 Å². The van der Waals surface area contributed by atoms with Gasteiger partial charge in [0.25, 0.3) is 5.91 Å². The molecule has 1 heterocycles. The lowest BCUT2D eigenvalue weighted by Gasteiger charge is -2.10. The molecular formula is C21H19ClF3N5O. The molecule has 3 aromatic rings. The van der Waals surface area contributed by atoms with Crippen LogP contribution >= 0.6 is 11.6 Å². The standard InChI is InChI=1S/C21H19ClF3N5O/c1-14-18(20(22)30(29-14)13-15-6-3-2-4-7-15)11-27-28-19(31)12-26-17-9-5-8-16(10-17)21(23,24)25/h2-11,26H,12-13H2,1H3,(H,28,31)/b27-11+. The fourth-order valence-corrected chi connectivity index (χ4v) is 3.05. The van der Waals surface area contributed by atoms with E-state index < -0.39 is 17.6 Å². The molecule has 10 heteroatoms. The molecular weight excluding hydrogens is 431 g/mol. The number of anilines is 1. The maximum atomic E-state index is 12.7. The summed E-state index contributed by atoms with van der Waals surface area (Å²) in [5.41, 5.74) is 3.92. The predicted molar refractivity (Wildman–Crippen MR) is 113 cm³/mol. The molecule has 0 bridgehead atoms. The molecule has 6 nitrogen and oxygen atoms in total. The number of hydrogen-bond donors (Lipinski definition) is 2. The first-order chi connectivity index (χ1) is 14.7. The third-order valence-electron chi connectivity index (χ3n) is 4.31. The maximum absolute atomic E-state index is 12.7. The van der Waals surface area contributed by atoms with Crippen molar-refractivity contribution in [3.63, 3.8) is 0 Å². The maximum Gasteiger partial charge on any atom is 0.416 e. The Balaban J connectivity index is 1.56.